The molecule has 54 valence electrons. The lowest BCUT2D eigenvalue weighted by Gasteiger charge is -2.27. The lowest BCUT2D eigenvalue weighted by molar-refractivity contribution is 0.308. The smallest absolute Gasteiger partial charge is 0.0922 e. The topological polar surface area (TPSA) is 3.24 Å². The van der Waals surface area contributed by atoms with Gasteiger partial charge in [0, 0.05) is 6.54 Å². The standard InChI is InChI=1S/C9H13N/c1-4-9-8(2)6-5-7-10(9)3/h1,6,9H,5,7H2,2-3H3. The lowest BCUT2D eigenvalue weighted by atomic mass is 10.0. The van der Waals surface area contributed by atoms with E-state index in [1.807, 2.05) is 0 Å². The molecule has 10 heavy (non-hydrogen) atoms. The molecule has 0 N–H and O–H groups in total. The first-order chi connectivity index (χ1) is 4.75. The van der Waals surface area contributed by atoms with Crippen molar-refractivity contribution in [3.63, 3.8) is 0 Å². The van der Waals surface area contributed by atoms with E-state index >= 15 is 0 Å². The van der Waals surface area contributed by atoms with Crippen LogP contribution in [0.15, 0.2) is 11.6 Å². The van der Waals surface area contributed by atoms with Crippen LogP contribution in [0.3, 0.4) is 0 Å². The van der Waals surface area contributed by atoms with Crippen LogP contribution in [0.1, 0.15) is 13.3 Å². The minimum Gasteiger partial charge on any atom is -0.289 e. The first kappa shape index (κ1) is 7.37. The highest BCUT2D eigenvalue weighted by Gasteiger charge is 2.15. The van der Waals surface area contributed by atoms with E-state index in [0.29, 0.717) is 0 Å². The Kier molecular flexibility index (Phi) is 2.13. The third kappa shape index (κ3) is 1.22. The number of rotatable bonds is 0. The second kappa shape index (κ2) is 2.90. The SMILES string of the molecule is C#CC1C(C)=CCCN1C. The predicted molar refractivity (Wildman–Crippen MR) is 43.6 cm³/mol. The Bertz CT molecular complexity index is 185. The van der Waals surface area contributed by atoms with E-state index in [1.54, 1.807) is 0 Å². The average molecular weight is 135 g/mol. The summed E-state index contributed by atoms with van der Waals surface area (Å²) in [5.41, 5.74) is 1.32. The molecular formula is C9H13N. The fourth-order valence-corrected chi connectivity index (χ4v) is 1.34. The van der Waals surface area contributed by atoms with Gasteiger partial charge < -0.3 is 0 Å². The van der Waals surface area contributed by atoms with Crippen LogP contribution >= 0.6 is 0 Å². The molecule has 1 unspecified atom stereocenters. The predicted octanol–water partition coefficient (Wildman–Crippen LogP) is 1.27. The molecule has 0 aromatic heterocycles. The van der Waals surface area contributed by atoms with Gasteiger partial charge in [-0.15, -0.1) is 6.42 Å². The van der Waals surface area contributed by atoms with Gasteiger partial charge in [-0.05, 0) is 26.0 Å². The molecule has 0 radical (unpaired) electrons. The maximum atomic E-state index is 5.35. The fourth-order valence-electron chi connectivity index (χ4n) is 1.34. The molecule has 0 fully saturated rings. The molecule has 0 aromatic carbocycles. The molecule has 0 aromatic rings. The summed E-state index contributed by atoms with van der Waals surface area (Å²) in [6.07, 6.45) is 8.72. The normalized spacial score (nSPS) is 27.3. The Labute approximate surface area is 62.7 Å². The number of hydrogen-bond acceptors (Lipinski definition) is 1. The Morgan fingerprint density at radius 2 is 2.50 bits per heavy atom. The van der Waals surface area contributed by atoms with Crippen LogP contribution in [0.5, 0.6) is 0 Å². The van der Waals surface area contributed by atoms with Gasteiger partial charge >= 0.3 is 0 Å². The molecule has 0 saturated heterocycles. The highest BCUT2D eigenvalue weighted by Crippen LogP contribution is 2.14. The Morgan fingerprint density at radius 1 is 1.80 bits per heavy atom. The van der Waals surface area contributed by atoms with Crippen molar-refractivity contribution in [1.82, 2.24) is 4.90 Å². The maximum absolute atomic E-state index is 5.35. The van der Waals surface area contributed by atoms with Crippen molar-refractivity contribution in [1.29, 1.82) is 0 Å². The molecule has 1 nitrogen and oxygen atoms in total. The monoisotopic (exact) mass is 135 g/mol. The molecule has 1 aliphatic rings. The van der Waals surface area contributed by atoms with E-state index in [0.717, 1.165) is 13.0 Å². The first-order valence-electron chi connectivity index (χ1n) is 3.58. The summed E-state index contributed by atoms with van der Waals surface area (Å²) in [5, 5.41) is 0. The molecule has 1 aliphatic heterocycles. The Balaban J connectivity index is 2.75. The van der Waals surface area contributed by atoms with Crippen molar-refractivity contribution in [3.8, 4) is 12.3 Å². The quantitative estimate of drug-likeness (QED) is 0.357. The molecule has 1 atom stereocenters. The summed E-state index contributed by atoms with van der Waals surface area (Å²) in [6.45, 7) is 3.19. The van der Waals surface area contributed by atoms with Crippen molar-refractivity contribution in [2.45, 2.75) is 19.4 Å². The van der Waals surface area contributed by atoms with Crippen LogP contribution in [0.25, 0.3) is 0 Å². The molecule has 0 amide bonds. The third-order valence-corrected chi connectivity index (χ3v) is 1.98. The molecule has 1 heteroatoms. The average Bonchev–Trinajstić information content (AvgIpc) is 1.88. The van der Waals surface area contributed by atoms with E-state index in [1.165, 1.54) is 5.57 Å². The largest absolute Gasteiger partial charge is 0.289 e. The molecule has 0 aliphatic carbocycles. The van der Waals surface area contributed by atoms with Crippen molar-refractivity contribution < 1.29 is 0 Å². The molecule has 1 rings (SSSR count). The minimum absolute atomic E-state index is 0.244. The molecule has 0 spiro atoms. The second-order valence-electron chi connectivity index (χ2n) is 2.79. The number of terminal acetylenes is 1. The zero-order valence-corrected chi connectivity index (χ0v) is 6.59. The summed E-state index contributed by atoms with van der Waals surface area (Å²) in [4.78, 5) is 2.20. The van der Waals surface area contributed by atoms with Gasteiger partial charge in [0.25, 0.3) is 0 Å². The number of nitrogens with zero attached hydrogens (tertiary/aromatic N) is 1. The van der Waals surface area contributed by atoms with Gasteiger partial charge in [0.1, 0.15) is 0 Å². The van der Waals surface area contributed by atoms with Crippen molar-refractivity contribution in [2.24, 2.45) is 0 Å². The second-order valence-corrected chi connectivity index (χ2v) is 2.79. The highest BCUT2D eigenvalue weighted by atomic mass is 15.1. The number of likely N-dealkylation sites (N-methyl/N-ethyl adjacent to an activating group) is 1. The van der Waals surface area contributed by atoms with E-state index < -0.39 is 0 Å². The van der Waals surface area contributed by atoms with Gasteiger partial charge in [-0.25, -0.2) is 0 Å². The molecule has 1 heterocycles. The molecular weight excluding hydrogens is 122 g/mol. The summed E-state index contributed by atoms with van der Waals surface area (Å²) in [6, 6.07) is 0.244. The summed E-state index contributed by atoms with van der Waals surface area (Å²) in [5.74, 6) is 2.76. The highest BCUT2D eigenvalue weighted by molar-refractivity contribution is 5.22. The Morgan fingerprint density at radius 3 is 2.90 bits per heavy atom. The first-order valence-corrected chi connectivity index (χ1v) is 3.58. The van der Waals surface area contributed by atoms with E-state index in [9.17, 15) is 0 Å². The maximum Gasteiger partial charge on any atom is 0.0922 e. The molecule has 0 saturated carbocycles. The van der Waals surface area contributed by atoms with Crippen LogP contribution in [0.4, 0.5) is 0 Å². The summed E-state index contributed by atoms with van der Waals surface area (Å²) < 4.78 is 0. The van der Waals surface area contributed by atoms with E-state index in [2.05, 4.69) is 30.9 Å². The van der Waals surface area contributed by atoms with E-state index in [-0.39, 0.29) is 6.04 Å². The molecule has 0 bridgehead atoms. The van der Waals surface area contributed by atoms with Gasteiger partial charge in [-0.2, -0.15) is 0 Å². The summed E-state index contributed by atoms with van der Waals surface area (Å²) >= 11 is 0. The fraction of sp³-hybridized carbons (Fsp3) is 0.556. The minimum atomic E-state index is 0.244. The summed E-state index contributed by atoms with van der Waals surface area (Å²) in [7, 11) is 2.07. The van der Waals surface area contributed by atoms with Crippen LogP contribution in [0.2, 0.25) is 0 Å². The lowest BCUT2D eigenvalue weighted by Crippen LogP contribution is -2.34. The van der Waals surface area contributed by atoms with Gasteiger partial charge in [-0.3, -0.25) is 4.90 Å². The van der Waals surface area contributed by atoms with Crippen LogP contribution in [-0.2, 0) is 0 Å². The zero-order chi connectivity index (χ0) is 7.56. The van der Waals surface area contributed by atoms with Gasteiger partial charge in [0.15, 0.2) is 0 Å². The van der Waals surface area contributed by atoms with Crippen molar-refractivity contribution in [2.75, 3.05) is 13.6 Å². The number of hydrogen-bond donors (Lipinski definition) is 0. The van der Waals surface area contributed by atoms with Crippen molar-refractivity contribution in [3.05, 3.63) is 11.6 Å². The van der Waals surface area contributed by atoms with Gasteiger partial charge in [0.2, 0.25) is 0 Å². The van der Waals surface area contributed by atoms with Crippen molar-refractivity contribution >= 4 is 0 Å². The van der Waals surface area contributed by atoms with Crippen LogP contribution in [-0.4, -0.2) is 24.5 Å². The third-order valence-electron chi connectivity index (χ3n) is 1.98. The van der Waals surface area contributed by atoms with Crippen LogP contribution < -0.4 is 0 Å². The van der Waals surface area contributed by atoms with E-state index in [4.69, 9.17) is 6.42 Å². The van der Waals surface area contributed by atoms with Gasteiger partial charge in [0.05, 0.1) is 6.04 Å². The zero-order valence-electron chi connectivity index (χ0n) is 6.59. The van der Waals surface area contributed by atoms with Gasteiger partial charge in [-0.1, -0.05) is 12.0 Å². The van der Waals surface area contributed by atoms with Crippen LogP contribution in [0, 0.1) is 12.3 Å². The Hall–Kier alpha value is -0.740.